The predicted molar refractivity (Wildman–Crippen MR) is 77.5 cm³/mol. The van der Waals surface area contributed by atoms with E-state index >= 15 is 0 Å². The molecule has 1 heterocycles. The number of hydrogen-bond donors (Lipinski definition) is 1. The molecule has 0 aliphatic rings. The number of rotatable bonds is 3. The van der Waals surface area contributed by atoms with E-state index in [1.165, 1.54) is 11.3 Å². The third-order valence-electron chi connectivity index (χ3n) is 2.56. The fourth-order valence-corrected chi connectivity index (χ4v) is 2.73. The first-order chi connectivity index (χ1) is 8.60. The van der Waals surface area contributed by atoms with Gasteiger partial charge in [0.2, 0.25) is 0 Å². The summed E-state index contributed by atoms with van der Waals surface area (Å²) in [6.45, 7) is 2.04. The smallest absolute Gasteiger partial charge is 0.101 e. The molecule has 0 saturated heterocycles. The zero-order valence-electron chi connectivity index (χ0n) is 9.58. The van der Waals surface area contributed by atoms with Gasteiger partial charge in [0.1, 0.15) is 6.07 Å². The Morgan fingerprint density at radius 3 is 2.72 bits per heavy atom. The highest BCUT2D eigenvalue weighted by Gasteiger charge is 2.08. The van der Waals surface area contributed by atoms with Crippen LogP contribution >= 0.6 is 34.5 Å². The van der Waals surface area contributed by atoms with E-state index < -0.39 is 0 Å². The van der Waals surface area contributed by atoms with Crippen LogP contribution < -0.4 is 5.32 Å². The van der Waals surface area contributed by atoms with Crippen molar-refractivity contribution in [1.29, 1.82) is 5.26 Å². The van der Waals surface area contributed by atoms with E-state index in [4.69, 9.17) is 28.5 Å². The Morgan fingerprint density at radius 2 is 2.11 bits per heavy atom. The Balaban J connectivity index is 2.17. The highest BCUT2D eigenvalue weighted by Crippen LogP contribution is 2.28. The number of hydrogen-bond acceptors (Lipinski definition) is 3. The van der Waals surface area contributed by atoms with Crippen LogP contribution in [0.2, 0.25) is 9.36 Å². The second kappa shape index (κ2) is 5.62. The van der Waals surface area contributed by atoms with Gasteiger partial charge in [-0.2, -0.15) is 5.26 Å². The second-order valence-corrected chi connectivity index (χ2v) is 5.81. The van der Waals surface area contributed by atoms with E-state index in [1.807, 2.05) is 24.4 Å². The van der Waals surface area contributed by atoms with Crippen molar-refractivity contribution in [2.45, 2.75) is 13.0 Å². The summed E-state index contributed by atoms with van der Waals surface area (Å²) in [7, 11) is 0. The molecule has 1 atom stereocenters. The van der Waals surface area contributed by atoms with Gasteiger partial charge in [-0.3, -0.25) is 0 Å². The number of thiophene rings is 1. The maximum Gasteiger partial charge on any atom is 0.101 e. The van der Waals surface area contributed by atoms with Crippen LogP contribution in [0.5, 0.6) is 0 Å². The van der Waals surface area contributed by atoms with Crippen molar-refractivity contribution >= 4 is 40.2 Å². The van der Waals surface area contributed by atoms with Crippen molar-refractivity contribution in [3.63, 3.8) is 0 Å². The summed E-state index contributed by atoms with van der Waals surface area (Å²) < 4.78 is 0.771. The first-order valence-electron chi connectivity index (χ1n) is 5.30. The minimum atomic E-state index is 0.126. The van der Waals surface area contributed by atoms with Crippen LogP contribution in [0.25, 0.3) is 0 Å². The topological polar surface area (TPSA) is 35.8 Å². The quantitative estimate of drug-likeness (QED) is 0.855. The lowest BCUT2D eigenvalue weighted by atomic mass is 10.1. The Labute approximate surface area is 120 Å². The minimum Gasteiger partial charge on any atom is -0.378 e. The number of halogens is 2. The van der Waals surface area contributed by atoms with Crippen LogP contribution in [0.1, 0.15) is 24.1 Å². The largest absolute Gasteiger partial charge is 0.378 e. The first kappa shape index (κ1) is 13.2. The predicted octanol–water partition coefficient (Wildman–Crippen LogP) is 5.10. The third kappa shape index (κ3) is 2.97. The Hall–Kier alpha value is -1.21. The van der Waals surface area contributed by atoms with Crippen LogP contribution in [-0.4, -0.2) is 0 Å². The summed E-state index contributed by atoms with van der Waals surface area (Å²) in [4.78, 5) is 0. The molecule has 2 rings (SSSR count). The molecule has 2 aromatic rings. The number of benzene rings is 1. The molecular weight excluding hydrogens is 287 g/mol. The van der Waals surface area contributed by atoms with Crippen LogP contribution in [0.15, 0.2) is 29.6 Å². The van der Waals surface area contributed by atoms with Gasteiger partial charge < -0.3 is 5.32 Å². The first-order valence-corrected chi connectivity index (χ1v) is 6.94. The molecule has 0 saturated carbocycles. The van der Waals surface area contributed by atoms with Gasteiger partial charge in [-0.1, -0.05) is 23.2 Å². The molecule has 0 aliphatic carbocycles. The van der Waals surface area contributed by atoms with E-state index in [0.717, 1.165) is 15.6 Å². The lowest BCUT2D eigenvalue weighted by Gasteiger charge is -2.14. The fraction of sp³-hybridized carbons (Fsp3) is 0.154. The van der Waals surface area contributed by atoms with Crippen molar-refractivity contribution < 1.29 is 0 Å². The van der Waals surface area contributed by atoms with Crippen molar-refractivity contribution in [2.75, 3.05) is 5.32 Å². The number of nitrogens with zero attached hydrogens (tertiary/aromatic N) is 1. The van der Waals surface area contributed by atoms with E-state index in [9.17, 15) is 0 Å². The van der Waals surface area contributed by atoms with Gasteiger partial charge in [-0.15, -0.1) is 11.3 Å². The highest BCUT2D eigenvalue weighted by atomic mass is 35.5. The second-order valence-electron chi connectivity index (χ2n) is 3.86. The molecule has 5 heteroatoms. The van der Waals surface area contributed by atoms with Crippen LogP contribution in [0.3, 0.4) is 0 Å². The van der Waals surface area contributed by atoms with Crippen molar-refractivity contribution in [2.24, 2.45) is 0 Å². The molecule has 0 radical (unpaired) electrons. The molecule has 0 amide bonds. The highest BCUT2D eigenvalue weighted by molar-refractivity contribution is 7.14. The number of nitrogens with one attached hydrogen (secondary N) is 1. The van der Waals surface area contributed by atoms with Crippen molar-refractivity contribution in [3.8, 4) is 6.07 Å². The Morgan fingerprint density at radius 1 is 1.33 bits per heavy atom. The summed E-state index contributed by atoms with van der Waals surface area (Å²) in [6, 6.07) is 9.44. The average Bonchev–Trinajstić information content (AvgIpc) is 2.78. The van der Waals surface area contributed by atoms with Crippen molar-refractivity contribution in [3.05, 3.63) is 50.1 Å². The molecule has 1 aromatic carbocycles. The molecule has 92 valence electrons. The van der Waals surface area contributed by atoms with Gasteiger partial charge in [0, 0.05) is 11.7 Å². The molecular formula is C13H10Cl2N2S. The Bertz CT molecular complexity index is 601. The standard InChI is InChI=1S/C13H10Cl2N2S/c1-8(10-5-13(15)18-7-10)17-11-2-3-12(14)9(4-11)6-16/h2-5,7-8,17H,1H3. The summed E-state index contributed by atoms with van der Waals surface area (Å²) in [5, 5.41) is 14.7. The fourth-order valence-electron chi connectivity index (χ4n) is 1.58. The summed E-state index contributed by atoms with van der Waals surface area (Å²) in [5.74, 6) is 0. The molecule has 0 bridgehead atoms. The van der Waals surface area contributed by atoms with E-state index in [2.05, 4.69) is 11.4 Å². The van der Waals surface area contributed by atoms with Gasteiger partial charge in [0.05, 0.1) is 14.9 Å². The molecule has 0 spiro atoms. The average molecular weight is 297 g/mol. The maximum absolute atomic E-state index is 8.92. The maximum atomic E-state index is 8.92. The molecule has 18 heavy (non-hydrogen) atoms. The zero-order chi connectivity index (χ0) is 13.1. The number of nitriles is 1. The molecule has 2 nitrogen and oxygen atoms in total. The van der Waals surface area contributed by atoms with Gasteiger partial charge in [0.25, 0.3) is 0 Å². The number of anilines is 1. The van der Waals surface area contributed by atoms with Crippen LogP contribution in [-0.2, 0) is 0 Å². The van der Waals surface area contributed by atoms with E-state index in [1.54, 1.807) is 12.1 Å². The van der Waals surface area contributed by atoms with Gasteiger partial charge in [0.15, 0.2) is 0 Å². The summed E-state index contributed by atoms with van der Waals surface area (Å²) in [6.07, 6.45) is 0. The molecule has 1 aromatic heterocycles. The third-order valence-corrected chi connectivity index (χ3v) is 4.00. The van der Waals surface area contributed by atoms with E-state index in [-0.39, 0.29) is 6.04 Å². The van der Waals surface area contributed by atoms with Crippen molar-refractivity contribution in [1.82, 2.24) is 0 Å². The SMILES string of the molecule is CC(Nc1ccc(Cl)c(C#N)c1)c1csc(Cl)c1. The zero-order valence-corrected chi connectivity index (χ0v) is 11.9. The monoisotopic (exact) mass is 296 g/mol. The minimum absolute atomic E-state index is 0.126. The molecule has 1 unspecified atom stereocenters. The van der Waals surface area contributed by atoms with Crippen LogP contribution in [0.4, 0.5) is 5.69 Å². The normalized spacial score (nSPS) is 11.9. The van der Waals surface area contributed by atoms with Crippen LogP contribution in [0, 0.1) is 11.3 Å². The lowest BCUT2D eigenvalue weighted by molar-refractivity contribution is 0.890. The summed E-state index contributed by atoms with van der Waals surface area (Å²) >= 11 is 13.3. The van der Waals surface area contributed by atoms with Gasteiger partial charge >= 0.3 is 0 Å². The molecule has 0 fully saturated rings. The summed E-state index contributed by atoms with van der Waals surface area (Å²) in [5.41, 5.74) is 2.46. The molecule has 1 N–H and O–H groups in total. The van der Waals surface area contributed by atoms with E-state index in [0.29, 0.717) is 10.6 Å². The lowest BCUT2D eigenvalue weighted by Crippen LogP contribution is -2.05. The van der Waals surface area contributed by atoms with Gasteiger partial charge in [-0.25, -0.2) is 0 Å². The molecule has 0 aliphatic heterocycles. The Kier molecular flexibility index (Phi) is 4.13. The van der Waals surface area contributed by atoms with Gasteiger partial charge in [-0.05, 0) is 42.1 Å².